The number of carbonyl (C=O) groups is 2. The van der Waals surface area contributed by atoms with Crippen molar-refractivity contribution in [3.63, 3.8) is 0 Å². The lowest BCUT2D eigenvalue weighted by Crippen LogP contribution is -2.43. The molecule has 0 aliphatic heterocycles. The monoisotopic (exact) mass is 406 g/mol. The summed E-state index contributed by atoms with van der Waals surface area (Å²) in [5.41, 5.74) is 8.66. The van der Waals surface area contributed by atoms with Crippen molar-refractivity contribution >= 4 is 23.4 Å². The molecule has 148 valence electrons. The van der Waals surface area contributed by atoms with Crippen LogP contribution >= 0.6 is 11.6 Å². The minimum atomic E-state index is -0.919. The van der Waals surface area contributed by atoms with Crippen LogP contribution in [0.15, 0.2) is 78.9 Å². The molecule has 0 saturated heterocycles. The van der Waals surface area contributed by atoms with Gasteiger partial charge in [0.15, 0.2) is 0 Å². The number of primary amides is 1. The van der Waals surface area contributed by atoms with E-state index in [4.69, 9.17) is 17.3 Å². The molecule has 0 unspecified atom stereocenters. The van der Waals surface area contributed by atoms with Gasteiger partial charge in [-0.2, -0.15) is 0 Å². The third-order valence-electron chi connectivity index (χ3n) is 5.02. The normalized spacial score (nSPS) is 12.8. The number of benzene rings is 3. The van der Waals surface area contributed by atoms with Crippen LogP contribution in [0, 0.1) is 6.92 Å². The van der Waals surface area contributed by atoms with Gasteiger partial charge in [0.1, 0.15) is 6.04 Å². The van der Waals surface area contributed by atoms with Crippen LogP contribution in [0.25, 0.3) is 0 Å². The zero-order chi connectivity index (χ0) is 21.0. The topological polar surface area (TPSA) is 63.4 Å². The molecule has 0 aliphatic rings. The van der Waals surface area contributed by atoms with Crippen LogP contribution in [0.5, 0.6) is 0 Å². The highest BCUT2D eigenvalue weighted by Gasteiger charge is 2.35. The van der Waals surface area contributed by atoms with E-state index < -0.39 is 18.0 Å². The molecule has 0 heterocycles. The Hall–Kier alpha value is -3.11. The third-order valence-corrected chi connectivity index (χ3v) is 5.26. The lowest BCUT2D eigenvalue weighted by Gasteiger charge is -2.36. The molecule has 0 saturated carbocycles. The van der Waals surface area contributed by atoms with Gasteiger partial charge in [0.25, 0.3) is 5.91 Å². The number of aryl methyl sites for hydroxylation is 1. The molecule has 2 atom stereocenters. The first kappa shape index (κ1) is 20.6. The zero-order valence-corrected chi connectivity index (χ0v) is 17.1. The molecule has 5 heteroatoms. The standard InChI is InChI=1S/C24H23ClN2O2/c1-16-9-6-7-14-21(16)24(29)27(17(2)19-12-8-13-20(25)15-19)22(23(26)28)18-10-4-3-5-11-18/h3-15,17,22H,1-2H3,(H2,26,28)/t17-,22+/m1/s1. The van der Waals surface area contributed by atoms with Gasteiger partial charge in [-0.1, -0.05) is 72.3 Å². The second-order valence-electron chi connectivity index (χ2n) is 6.97. The smallest absolute Gasteiger partial charge is 0.255 e. The van der Waals surface area contributed by atoms with Crippen molar-refractivity contribution < 1.29 is 9.59 Å². The Morgan fingerprint density at radius 1 is 0.897 bits per heavy atom. The van der Waals surface area contributed by atoms with Crippen molar-refractivity contribution in [1.82, 2.24) is 4.90 Å². The second-order valence-corrected chi connectivity index (χ2v) is 7.41. The second kappa shape index (κ2) is 8.93. The highest BCUT2D eigenvalue weighted by Crippen LogP contribution is 2.33. The van der Waals surface area contributed by atoms with E-state index >= 15 is 0 Å². The molecule has 0 fully saturated rings. The number of nitrogens with zero attached hydrogens (tertiary/aromatic N) is 1. The SMILES string of the molecule is Cc1ccccc1C(=O)N([C@H](C)c1cccc(Cl)c1)[C@H](C(N)=O)c1ccccc1. The fourth-order valence-corrected chi connectivity index (χ4v) is 3.69. The number of hydrogen-bond acceptors (Lipinski definition) is 2. The van der Waals surface area contributed by atoms with Gasteiger partial charge in [0.05, 0.1) is 6.04 Å². The molecule has 4 nitrogen and oxygen atoms in total. The maximum atomic E-state index is 13.7. The van der Waals surface area contributed by atoms with Crippen LogP contribution < -0.4 is 5.73 Å². The quantitative estimate of drug-likeness (QED) is 0.620. The van der Waals surface area contributed by atoms with Crippen molar-refractivity contribution in [3.05, 3.63) is 106 Å². The minimum absolute atomic E-state index is 0.261. The molecule has 0 aliphatic carbocycles. The molecule has 2 amide bonds. The maximum Gasteiger partial charge on any atom is 0.255 e. The van der Waals surface area contributed by atoms with E-state index in [1.165, 1.54) is 0 Å². The van der Waals surface area contributed by atoms with Crippen LogP contribution in [0.2, 0.25) is 5.02 Å². The molecule has 2 N–H and O–H groups in total. The van der Waals surface area contributed by atoms with Crippen LogP contribution in [0.1, 0.15) is 46.1 Å². The van der Waals surface area contributed by atoms with Gasteiger partial charge >= 0.3 is 0 Å². The summed E-state index contributed by atoms with van der Waals surface area (Å²) in [4.78, 5) is 27.8. The van der Waals surface area contributed by atoms with Crippen molar-refractivity contribution in [2.75, 3.05) is 0 Å². The maximum absolute atomic E-state index is 13.7. The van der Waals surface area contributed by atoms with Crippen LogP contribution in [-0.2, 0) is 4.79 Å². The Kier molecular flexibility index (Phi) is 6.35. The average molecular weight is 407 g/mol. The van der Waals surface area contributed by atoms with E-state index in [-0.39, 0.29) is 5.91 Å². The first-order valence-corrected chi connectivity index (χ1v) is 9.76. The largest absolute Gasteiger partial charge is 0.368 e. The highest BCUT2D eigenvalue weighted by molar-refractivity contribution is 6.30. The lowest BCUT2D eigenvalue weighted by atomic mass is 9.97. The van der Waals surface area contributed by atoms with Gasteiger partial charge in [0.2, 0.25) is 5.91 Å². The van der Waals surface area contributed by atoms with Crippen molar-refractivity contribution in [2.24, 2.45) is 5.73 Å². The zero-order valence-electron chi connectivity index (χ0n) is 16.4. The van der Waals surface area contributed by atoms with Gasteiger partial charge in [-0.05, 0) is 48.7 Å². The first-order chi connectivity index (χ1) is 13.9. The fourth-order valence-electron chi connectivity index (χ4n) is 3.49. The summed E-state index contributed by atoms with van der Waals surface area (Å²) in [5.74, 6) is -0.852. The fraction of sp³-hybridized carbons (Fsp3) is 0.167. The number of hydrogen-bond donors (Lipinski definition) is 1. The summed E-state index contributed by atoms with van der Waals surface area (Å²) in [7, 11) is 0. The van der Waals surface area contributed by atoms with Crippen molar-refractivity contribution in [3.8, 4) is 0 Å². The summed E-state index contributed by atoms with van der Waals surface area (Å²) in [6.45, 7) is 3.75. The van der Waals surface area contributed by atoms with Gasteiger partial charge in [0, 0.05) is 10.6 Å². The molecular formula is C24H23ClN2O2. The van der Waals surface area contributed by atoms with E-state index in [0.29, 0.717) is 16.1 Å². The molecule has 3 aromatic carbocycles. The number of halogens is 1. The molecule has 0 radical (unpaired) electrons. The Morgan fingerprint density at radius 3 is 2.14 bits per heavy atom. The first-order valence-electron chi connectivity index (χ1n) is 9.38. The Bertz CT molecular complexity index is 1020. The summed E-state index contributed by atoms with van der Waals surface area (Å²) in [6.07, 6.45) is 0. The average Bonchev–Trinajstić information content (AvgIpc) is 2.71. The van der Waals surface area contributed by atoms with E-state index in [1.54, 1.807) is 35.2 Å². The predicted octanol–water partition coefficient (Wildman–Crippen LogP) is 5.08. The van der Waals surface area contributed by atoms with Crippen LogP contribution in [0.3, 0.4) is 0 Å². The Labute approximate surface area is 175 Å². The van der Waals surface area contributed by atoms with Gasteiger partial charge in [-0.3, -0.25) is 9.59 Å². The van der Waals surface area contributed by atoms with Crippen LogP contribution in [0.4, 0.5) is 0 Å². The highest BCUT2D eigenvalue weighted by atomic mass is 35.5. The Morgan fingerprint density at radius 2 is 1.52 bits per heavy atom. The Balaban J connectivity index is 2.16. The van der Waals surface area contributed by atoms with Crippen molar-refractivity contribution in [2.45, 2.75) is 25.9 Å². The van der Waals surface area contributed by atoms with Crippen molar-refractivity contribution in [1.29, 1.82) is 0 Å². The molecule has 0 bridgehead atoms. The molecule has 29 heavy (non-hydrogen) atoms. The molecule has 0 spiro atoms. The molecule has 3 rings (SSSR count). The molecular weight excluding hydrogens is 384 g/mol. The van der Waals surface area contributed by atoms with Gasteiger partial charge in [-0.25, -0.2) is 0 Å². The predicted molar refractivity (Wildman–Crippen MR) is 116 cm³/mol. The number of amides is 2. The number of rotatable bonds is 6. The van der Waals surface area contributed by atoms with E-state index in [0.717, 1.165) is 11.1 Å². The minimum Gasteiger partial charge on any atom is -0.368 e. The summed E-state index contributed by atoms with van der Waals surface area (Å²) in [6, 6.07) is 22.4. The third kappa shape index (κ3) is 4.49. The summed E-state index contributed by atoms with van der Waals surface area (Å²) >= 11 is 6.18. The van der Waals surface area contributed by atoms with Crippen LogP contribution in [-0.4, -0.2) is 16.7 Å². The molecule has 3 aromatic rings. The van der Waals surface area contributed by atoms with E-state index in [2.05, 4.69) is 0 Å². The van der Waals surface area contributed by atoms with E-state index in [1.807, 2.05) is 62.4 Å². The van der Waals surface area contributed by atoms with Gasteiger partial charge < -0.3 is 10.6 Å². The number of nitrogens with two attached hydrogens (primary N) is 1. The summed E-state index contributed by atoms with van der Waals surface area (Å²) < 4.78 is 0. The lowest BCUT2D eigenvalue weighted by molar-refractivity contribution is -0.123. The molecule has 0 aromatic heterocycles. The van der Waals surface area contributed by atoms with Gasteiger partial charge in [-0.15, -0.1) is 0 Å². The van der Waals surface area contributed by atoms with E-state index in [9.17, 15) is 9.59 Å². The summed E-state index contributed by atoms with van der Waals surface area (Å²) in [5, 5.41) is 0.563. The number of carbonyl (C=O) groups excluding carboxylic acids is 2.